The predicted molar refractivity (Wildman–Crippen MR) is 91.8 cm³/mol. The highest BCUT2D eigenvalue weighted by atomic mass is 16.4. The molecular weight excluding hydrogens is 320 g/mol. The molecular formula is C18H18N4O3. The van der Waals surface area contributed by atoms with Gasteiger partial charge in [0.1, 0.15) is 6.26 Å². The maximum absolute atomic E-state index is 12.0. The van der Waals surface area contributed by atoms with E-state index < -0.39 is 5.63 Å². The molecule has 3 aromatic rings. The van der Waals surface area contributed by atoms with Gasteiger partial charge in [0.15, 0.2) is 5.82 Å². The van der Waals surface area contributed by atoms with Crippen LogP contribution in [-0.4, -0.2) is 27.2 Å². The lowest BCUT2D eigenvalue weighted by Gasteiger charge is -2.06. The van der Waals surface area contributed by atoms with Crippen molar-refractivity contribution in [2.75, 3.05) is 6.54 Å². The van der Waals surface area contributed by atoms with Crippen LogP contribution in [0.3, 0.4) is 0 Å². The first-order valence-electron chi connectivity index (χ1n) is 7.90. The van der Waals surface area contributed by atoms with E-state index in [1.807, 2.05) is 32.0 Å². The van der Waals surface area contributed by atoms with Gasteiger partial charge in [-0.05, 0) is 44.0 Å². The minimum Gasteiger partial charge on any atom is -0.430 e. The number of nitrogens with one attached hydrogen (secondary N) is 1. The van der Waals surface area contributed by atoms with E-state index in [9.17, 15) is 9.59 Å². The van der Waals surface area contributed by atoms with Crippen LogP contribution in [0.4, 0.5) is 0 Å². The highest BCUT2D eigenvalue weighted by molar-refractivity contribution is 5.93. The maximum atomic E-state index is 12.0. The number of carbonyl (C=O) groups is 1. The van der Waals surface area contributed by atoms with Crippen LogP contribution in [0, 0.1) is 13.8 Å². The fourth-order valence-corrected chi connectivity index (χ4v) is 2.63. The SMILES string of the molecule is Cc1nn(-c2ccccn2)c(C)c1CCNC(=O)c1ccc(=O)oc1. The lowest BCUT2D eigenvalue weighted by Crippen LogP contribution is -2.26. The van der Waals surface area contributed by atoms with Gasteiger partial charge in [-0.3, -0.25) is 4.79 Å². The molecule has 3 heterocycles. The molecule has 7 heteroatoms. The molecule has 0 unspecified atom stereocenters. The third-order valence-electron chi connectivity index (χ3n) is 3.93. The van der Waals surface area contributed by atoms with E-state index in [4.69, 9.17) is 4.42 Å². The monoisotopic (exact) mass is 338 g/mol. The molecule has 0 fully saturated rings. The molecule has 1 amide bonds. The van der Waals surface area contributed by atoms with E-state index in [-0.39, 0.29) is 5.91 Å². The van der Waals surface area contributed by atoms with Crippen LogP contribution in [0.25, 0.3) is 5.82 Å². The fourth-order valence-electron chi connectivity index (χ4n) is 2.63. The summed E-state index contributed by atoms with van der Waals surface area (Å²) >= 11 is 0. The average Bonchev–Trinajstić information content (AvgIpc) is 2.91. The number of nitrogens with zero attached hydrogens (tertiary/aromatic N) is 3. The van der Waals surface area contributed by atoms with Gasteiger partial charge in [0, 0.05) is 24.5 Å². The lowest BCUT2D eigenvalue weighted by atomic mass is 10.1. The van der Waals surface area contributed by atoms with Crippen LogP contribution < -0.4 is 10.9 Å². The smallest absolute Gasteiger partial charge is 0.335 e. The van der Waals surface area contributed by atoms with Crippen molar-refractivity contribution in [3.8, 4) is 5.82 Å². The number of aryl methyl sites for hydroxylation is 1. The summed E-state index contributed by atoms with van der Waals surface area (Å²) in [6, 6.07) is 8.33. The number of hydrogen-bond acceptors (Lipinski definition) is 5. The standard InChI is InChI=1S/C18H18N4O3/c1-12-15(13(2)22(21-12)16-5-3-4-9-19-16)8-10-20-18(24)14-6-7-17(23)25-11-14/h3-7,9,11H,8,10H2,1-2H3,(H,20,24). The van der Waals surface area contributed by atoms with Crippen molar-refractivity contribution in [2.45, 2.75) is 20.3 Å². The van der Waals surface area contributed by atoms with Crippen molar-refractivity contribution in [3.63, 3.8) is 0 Å². The summed E-state index contributed by atoms with van der Waals surface area (Å²) < 4.78 is 6.50. The number of aromatic nitrogens is 3. The summed E-state index contributed by atoms with van der Waals surface area (Å²) in [6.45, 7) is 4.38. The van der Waals surface area contributed by atoms with Gasteiger partial charge in [0.05, 0.1) is 11.3 Å². The van der Waals surface area contributed by atoms with Crippen LogP contribution >= 0.6 is 0 Å². The van der Waals surface area contributed by atoms with Crippen molar-refractivity contribution in [2.24, 2.45) is 0 Å². The van der Waals surface area contributed by atoms with E-state index in [0.717, 1.165) is 29.0 Å². The third kappa shape index (κ3) is 3.65. The predicted octanol–water partition coefficient (Wildman–Crippen LogP) is 1.81. The summed E-state index contributed by atoms with van der Waals surface area (Å²) in [6.07, 6.45) is 3.53. The van der Waals surface area contributed by atoms with Crippen LogP contribution in [0.2, 0.25) is 0 Å². The summed E-state index contributed by atoms with van der Waals surface area (Å²) in [5, 5.41) is 7.35. The Bertz CT molecular complexity index is 924. The normalized spacial score (nSPS) is 10.6. The number of pyridine rings is 1. The van der Waals surface area contributed by atoms with Gasteiger partial charge in [0.2, 0.25) is 0 Å². The van der Waals surface area contributed by atoms with Gasteiger partial charge in [0.25, 0.3) is 5.91 Å². The molecule has 0 bridgehead atoms. The summed E-state index contributed by atoms with van der Waals surface area (Å²) in [5.41, 5.74) is 2.81. The van der Waals surface area contributed by atoms with Gasteiger partial charge in [-0.25, -0.2) is 14.5 Å². The summed E-state index contributed by atoms with van der Waals surface area (Å²) in [5.74, 6) is 0.480. The molecule has 25 heavy (non-hydrogen) atoms. The molecule has 0 atom stereocenters. The number of rotatable bonds is 5. The largest absolute Gasteiger partial charge is 0.430 e. The Kier molecular flexibility index (Phi) is 4.74. The second-order valence-electron chi connectivity index (χ2n) is 5.60. The molecule has 0 aromatic carbocycles. The molecule has 0 saturated heterocycles. The van der Waals surface area contributed by atoms with Gasteiger partial charge < -0.3 is 9.73 Å². The third-order valence-corrected chi connectivity index (χ3v) is 3.93. The van der Waals surface area contributed by atoms with Crippen molar-refractivity contribution in [1.29, 1.82) is 0 Å². The quantitative estimate of drug-likeness (QED) is 0.766. The van der Waals surface area contributed by atoms with Crippen molar-refractivity contribution in [1.82, 2.24) is 20.1 Å². The summed E-state index contributed by atoms with van der Waals surface area (Å²) in [7, 11) is 0. The Morgan fingerprint density at radius 1 is 1.24 bits per heavy atom. The Hall–Kier alpha value is -3.22. The average molecular weight is 338 g/mol. The van der Waals surface area contributed by atoms with E-state index in [2.05, 4.69) is 15.4 Å². The first kappa shape index (κ1) is 16.6. The summed E-state index contributed by atoms with van der Waals surface area (Å²) in [4.78, 5) is 27.3. The topological polar surface area (TPSA) is 90.0 Å². The minimum atomic E-state index is -0.482. The molecule has 0 aliphatic rings. The number of amides is 1. The van der Waals surface area contributed by atoms with Gasteiger partial charge in [-0.1, -0.05) is 6.07 Å². The van der Waals surface area contributed by atoms with Crippen LogP contribution in [0.5, 0.6) is 0 Å². The lowest BCUT2D eigenvalue weighted by molar-refractivity contribution is 0.0951. The fraction of sp³-hybridized carbons (Fsp3) is 0.222. The molecule has 0 aliphatic carbocycles. The Balaban J connectivity index is 1.67. The zero-order chi connectivity index (χ0) is 17.8. The Morgan fingerprint density at radius 3 is 2.76 bits per heavy atom. The molecule has 3 rings (SSSR count). The number of carbonyl (C=O) groups excluding carboxylic acids is 1. The highest BCUT2D eigenvalue weighted by Crippen LogP contribution is 2.16. The molecule has 0 aliphatic heterocycles. The van der Waals surface area contributed by atoms with E-state index >= 15 is 0 Å². The first-order valence-corrected chi connectivity index (χ1v) is 7.90. The van der Waals surface area contributed by atoms with Crippen molar-refractivity contribution in [3.05, 3.63) is 75.7 Å². The van der Waals surface area contributed by atoms with E-state index in [1.54, 1.807) is 10.9 Å². The van der Waals surface area contributed by atoms with E-state index in [1.165, 1.54) is 12.1 Å². The maximum Gasteiger partial charge on any atom is 0.335 e. The van der Waals surface area contributed by atoms with Crippen molar-refractivity contribution >= 4 is 5.91 Å². The zero-order valence-electron chi connectivity index (χ0n) is 14.0. The Labute approximate surface area is 144 Å². The van der Waals surface area contributed by atoms with Gasteiger partial charge in [-0.2, -0.15) is 5.10 Å². The molecule has 0 spiro atoms. The highest BCUT2D eigenvalue weighted by Gasteiger charge is 2.14. The van der Waals surface area contributed by atoms with E-state index in [0.29, 0.717) is 18.5 Å². The van der Waals surface area contributed by atoms with Crippen LogP contribution in [-0.2, 0) is 6.42 Å². The number of hydrogen-bond donors (Lipinski definition) is 1. The molecule has 7 nitrogen and oxygen atoms in total. The molecule has 0 saturated carbocycles. The molecule has 3 aromatic heterocycles. The zero-order valence-corrected chi connectivity index (χ0v) is 14.0. The first-order chi connectivity index (χ1) is 12.1. The van der Waals surface area contributed by atoms with Crippen LogP contribution in [0.1, 0.15) is 27.3 Å². The molecule has 0 radical (unpaired) electrons. The minimum absolute atomic E-state index is 0.281. The second-order valence-corrected chi connectivity index (χ2v) is 5.60. The Morgan fingerprint density at radius 2 is 2.08 bits per heavy atom. The van der Waals surface area contributed by atoms with Gasteiger partial charge >= 0.3 is 5.63 Å². The van der Waals surface area contributed by atoms with Gasteiger partial charge in [-0.15, -0.1) is 0 Å². The molecule has 1 N–H and O–H groups in total. The van der Waals surface area contributed by atoms with Crippen LogP contribution in [0.15, 0.2) is 52.0 Å². The second kappa shape index (κ2) is 7.12. The van der Waals surface area contributed by atoms with Crippen molar-refractivity contribution < 1.29 is 9.21 Å². The molecule has 128 valence electrons.